The number of urea groups is 1. The number of aromatic hydroxyl groups is 1. The Balaban J connectivity index is 1.42. The topological polar surface area (TPSA) is 87.7 Å². The first kappa shape index (κ1) is 19.9. The predicted octanol–water partition coefficient (Wildman–Crippen LogP) is 3.65. The van der Waals surface area contributed by atoms with E-state index >= 15 is 0 Å². The SMILES string of the molecule is O=C(NCCc1ccc(O)cc1)NC(=O)c1ccc(OCc2ccccc2)cc1. The van der Waals surface area contributed by atoms with Gasteiger partial charge >= 0.3 is 6.03 Å². The van der Waals surface area contributed by atoms with Gasteiger partial charge in [-0.3, -0.25) is 10.1 Å². The van der Waals surface area contributed by atoms with Crippen LogP contribution in [0, 0.1) is 0 Å². The maximum atomic E-state index is 12.2. The molecule has 3 N–H and O–H groups in total. The Labute approximate surface area is 169 Å². The lowest BCUT2D eigenvalue weighted by Crippen LogP contribution is -2.40. The van der Waals surface area contributed by atoms with Gasteiger partial charge in [0.05, 0.1) is 0 Å². The number of phenolic OH excluding ortho intramolecular Hbond substituents is 1. The van der Waals surface area contributed by atoms with Gasteiger partial charge in [0.25, 0.3) is 5.91 Å². The number of nitrogens with one attached hydrogen (secondary N) is 2. The summed E-state index contributed by atoms with van der Waals surface area (Å²) in [6.07, 6.45) is 0.593. The lowest BCUT2D eigenvalue weighted by Gasteiger charge is -2.09. The number of carbonyl (C=O) groups excluding carboxylic acids is 2. The Morgan fingerprint density at radius 2 is 1.52 bits per heavy atom. The Morgan fingerprint density at radius 1 is 0.828 bits per heavy atom. The first-order valence-corrected chi connectivity index (χ1v) is 9.24. The molecule has 3 aromatic rings. The molecule has 0 saturated carbocycles. The van der Waals surface area contributed by atoms with Crippen LogP contribution in [0.4, 0.5) is 4.79 Å². The summed E-state index contributed by atoms with van der Waals surface area (Å²) < 4.78 is 5.68. The van der Waals surface area contributed by atoms with Crippen LogP contribution in [0.25, 0.3) is 0 Å². The number of carbonyl (C=O) groups is 2. The zero-order valence-corrected chi connectivity index (χ0v) is 15.8. The number of ether oxygens (including phenoxy) is 1. The molecule has 0 atom stereocenters. The zero-order chi connectivity index (χ0) is 20.5. The van der Waals surface area contributed by atoms with Gasteiger partial charge in [-0.15, -0.1) is 0 Å². The third-order valence-electron chi connectivity index (χ3n) is 4.23. The summed E-state index contributed by atoms with van der Waals surface area (Å²) in [6, 6.07) is 22.6. The molecular formula is C23H22N2O4. The van der Waals surface area contributed by atoms with E-state index in [-0.39, 0.29) is 5.75 Å². The van der Waals surface area contributed by atoms with Gasteiger partial charge < -0.3 is 15.2 Å². The number of amides is 3. The van der Waals surface area contributed by atoms with E-state index < -0.39 is 11.9 Å². The normalized spacial score (nSPS) is 10.2. The molecule has 0 spiro atoms. The monoisotopic (exact) mass is 390 g/mol. The fraction of sp³-hybridized carbons (Fsp3) is 0.130. The summed E-state index contributed by atoms with van der Waals surface area (Å²) in [5, 5.41) is 14.2. The van der Waals surface area contributed by atoms with Gasteiger partial charge in [0.2, 0.25) is 0 Å². The molecule has 6 nitrogen and oxygen atoms in total. The molecule has 0 radical (unpaired) electrons. The highest BCUT2D eigenvalue weighted by Crippen LogP contribution is 2.14. The lowest BCUT2D eigenvalue weighted by molar-refractivity contribution is 0.0964. The minimum atomic E-state index is -0.557. The average Bonchev–Trinajstić information content (AvgIpc) is 2.75. The van der Waals surface area contributed by atoms with Gasteiger partial charge in [-0.2, -0.15) is 0 Å². The van der Waals surface area contributed by atoms with Crippen LogP contribution >= 0.6 is 0 Å². The van der Waals surface area contributed by atoms with Gasteiger partial charge in [-0.1, -0.05) is 42.5 Å². The van der Waals surface area contributed by atoms with Crippen LogP contribution < -0.4 is 15.4 Å². The van der Waals surface area contributed by atoms with Crippen molar-refractivity contribution in [2.75, 3.05) is 6.54 Å². The summed E-state index contributed by atoms with van der Waals surface area (Å²) in [7, 11) is 0. The van der Waals surface area contributed by atoms with Crippen LogP contribution in [0.15, 0.2) is 78.9 Å². The minimum Gasteiger partial charge on any atom is -0.508 e. The smallest absolute Gasteiger partial charge is 0.321 e. The van der Waals surface area contributed by atoms with Crippen LogP contribution in [0.2, 0.25) is 0 Å². The van der Waals surface area contributed by atoms with Gasteiger partial charge in [0.15, 0.2) is 0 Å². The van der Waals surface area contributed by atoms with E-state index in [0.29, 0.717) is 30.9 Å². The van der Waals surface area contributed by atoms with Gasteiger partial charge in [-0.05, 0) is 53.9 Å². The van der Waals surface area contributed by atoms with Crippen molar-refractivity contribution in [3.8, 4) is 11.5 Å². The van der Waals surface area contributed by atoms with Gasteiger partial charge in [0, 0.05) is 12.1 Å². The van der Waals surface area contributed by atoms with Crippen molar-refractivity contribution < 1.29 is 19.4 Å². The van der Waals surface area contributed by atoms with Crippen molar-refractivity contribution in [1.82, 2.24) is 10.6 Å². The Morgan fingerprint density at radius 3 is 2.21 bits per heavy atom. The molecular weight excluding hydrogens is 368 g/mol. The third kappa shape index (κ3) is 6.39. The van der Waals surface area contributed by atoms with E-state index in [9.17, 15) is 14.7 Å². The van der Waals surface area contributed by atoms with E-state index in [1.165, 1.54) is 0 Å². The van der Waals surface area contributed by atoms with E-state index in [0.717, 1.165) is 11.1 Å². The summed E-state index contributed by atoms with van der Waals surface area (Å²) >= 11 is 0. The fourth-order valence-electron chi connectivity index (χ4n) is 2.65. The highest BCUT2D eigenvalue weighted by molar-refractivity contribution is 6.04. The van der Waals surface area contributed by atoms with Crippen LogP contribution in [0.1, 0.15) is 21.5 Å². The first-order valence-electron chi connectivity index (χ1n) is 9.24. The molecule has 0 aliphatic rings. The Bertz CT molecular complexity index is 939. The van der Waals surface area contributed by atoms with Gasteiger partial charge in [-0.25, -0.2) is 4.79 Å². The second-order valence-corrected chi connectivity index (χ2v) is 6.43. The number of hydrogen-bond acceptors (Lipinski definition) is 4. The number of imide groups is 1. The highest BCUT2D eigenvalue weighted by Gasteiger charge is 2.10. The molecule has 0 aliphatic heterocycles. The molecule has 0 bridgehead atoms. The standard InChI is InChI=1S/C23H22N2O4/c26-20-10-6-17(7-11-20)14-15-24-23(28)25-22(27)19-8-12-21(13-9-19)29-16-18-4-2-1-3-5-18/h1-13,26H,14-16H2,(H2,24,25,27,28). The van der Waals surface area contributed by atoms with Crippen molar-refractivity contribution in [2.45, 2.75) is 13.0 Å². The largest absolute Gasteiger partial charge is 0.508 e. The van der Waals surface area contributed by atoms with Crippen LogP contribution in [-0.4, -0.2) is 23.6 Å². The van der Waals surface area contributed by atoms with Crippen molar-refractivity contribution in [2.24, 2.45) is 0 Å². The van der Waals surface area contributed by atoms with Crippen LogP contribution in [-0.2, 0) is 13.0 Å². The van der Waals surface area contributed by atoms with E-state index in [2.05, 4.69) is 10.6 Å². The quantitative estimate of drug-likeness (QED) is 0.575. The fourth-order valence-corrected chi connectivity index (χ4v) is 2.65. The number of benzene rings is 3. The minimum absolute atomic E-state index is 0.196. The Hall–Kier alpha value is -3.80. The van der Waals surface area contributed by atoms with E-state index in [1.54, 1.807) is 48.5 Å². The molecule has 0 unspecified atom stereocenters. The van der Waals surface area contributed by atoms with Crippen molar-refractivity contribution >= 4 is 11.9 Å². The van der Waals surface area contributed by atoms with Crippen LogP contribution in [0.5, 0.6) is 11.5 Å². The summed E-state index contributed by atoms with van der Waals surface area (Å²) in [4.78, 5) is 24.1. The van der Waals surface area contributed by atoms with Crippen molar-refractivity contribution in [3.05, 3.63) is 95.6 Å². The van der Waals surface area contributed by atoms with Crippen molar-refractivity contribution in [1.29, 1.82) is 0 Å². The van der Waals surface area contributed by atoms with Gasteiger partial charge in [0.1, 0.15) is 18.1 Å². The summed E-state index contributed by atoms with van der Waals surface area (Å²) in [5.41, 5.74) is 2.39. The number of rotatable bonds is 7. The van der Waals surface area contributed by atoms with E-state index in [1.807, 2.05) is 30.3 Å². The molecule has 0 heterocycles. The molecule has 0 fully saturated rings. The van der Waals surface area contributed by atoms with Crippen molar-refractivity contribution in [3.63, 3.8) is 0 Å². The second-order valence-electron chi connectivity index (χ2n) is 6.43. The first-order chi connectivity index (χ1) is 14.1. The number of phenols is 1. The lowest BCUT2D eigenvalue weighted by atomic mass is 10.1. The van der Waals surface area contributed by atoms with Crippen LogP contribution in [0.3, 0.4) is 0 Å². The molecule has 3 rings (SSSR count). The molecule has 6 heteroatoms. The molecule has 0 aromatic heterocycles. The maximum Gasteiger partial charge on any atom is 0.321 e. The molecule has 0 aliphatic carbocycles. The predicted molar refractivity (Wildman–Crippen MR) is 110 cm³/mol. The zero-order valence-electron chi connectivity index (χ0n) is 15.8. The van der Waals surface area contributed by atoms with E-state index in [4.69, 9.17) is 4.74 Å². The summed E-state index contributed by atoms with van der Waals surface area (Å²) in [6.45, 7) is 0.811. The molecule has 3 amide bonds. The maximum absolute atomic E-state index is 12.2. The average molecular weight is 390 g/mol. The molecule has 148 valence electrons. The summed E-state index contributed by atoms with van der Waals surface area (Å²) in [5.74, 6) is 0.354. The molecule has 29 heavy (non-hydrogen) atoms. The number of hydrogen-bond donors (Lipinski definition) is 3. The second kappa shape index (κ2) is 9.94. The molecule has 0 saturated heterocycles. The Kier molecular flexibility index (Phi) is 6.84. The molecule has 3 aromatic carbocycles. The highest BCUT2D eigenvalue weighted by atomic mass is 16.5. The third-order valence-corrected chi connectivity index (χ3v) is 4.23.